The molecule has 1 aliphatic heterocycles. The second-order valence-electron chi connectivity index (χ2n) is 4.39. The van der Waals surface area contributed by atoms with Crippen LogP contribution in [0.15, 0.2) is 0 Å². The van der Waals surface area contributed by atoms with Gasteiger partial charge in [-0.3, -0.25) is 9.59 Å². The Hall–Kier alpha value is -1.79. The minimum atomic E-state index is -0.884. The van der Waals surface area contributed by atoms with E-state index in [1.807, 2.05) is 0 Å². The molecule has 3 amide bonds. The number of hydrogen-bond donors (Lipinski definition) is 2. The molecular formula is C11H19N3O4. The van der Waals surface area contributed by atoms with Gasteiger partial charge < -0.3 is 20.6 Å². The number of rotatable bonds is 4. The molecule has 0 aromatic heterocycles. The smallest absolute Gasteiger partial charge is 0.320 e. The number of likely N-dealkylation sites (N-methyl/N-ethyl adjacent to an activating group) is 1. The molecule has 3 N–H and O–H groups in total. The van der Waals surface area contributed by atoms with Crippen molar-refractivity contribution in [3.63, 3.8) is 0 Å². The van der Waals surface area contributed by atoms with Gasteiger partial charge in [0, 0.05) is 19.6 Å². The average Bonchev–Trinajstić information content (AvgIpc) is 2.35. The van der Waals surface area contributed by atoms with Crippen molar-refractivity contribution < 1.29 is 19.5 Å². The second kappa shape index (κ2) is 6.23. The van der Waals surface area contributed by atoms with E-state index in [9.17, 15) is 14.4 Å². The van der Waals surface area contributed by atoms with Gasteiger partial charge in [-0.2, -0.15) is 0 Å². The number of urea groups is 1. The Balaban J connectivity index is 2.64. The Morgan fingerprint density at radius 2 is 2.11 bits per heavy atom. The van der Waals surface area contributed by atoms with E-state index in [-0.39, 0.29) is 19.1 Å². The fraction of sp³-hybridized carbons (Fsp3) is 0.727. The van der Waals surface area contributed by atoms with Crippen LogP contribution < -0.4 is 5.73 Å². The van der Waals surface area contributed by atoms with E-state index in [2.05, 4.69) is 0 Å². The number of primary amides is 1. The van der Waals surface area contributed by atoms with Crippen LogP contribution in [0.25, 0.3) is 0 Å². The lowest BCUT2D eigenvalue weighted by atomic mass is 9.99. The van der Waals surface area contributed by atoms with Crippen molar-refractivity contribution in [1.82, 2.24) is 9.80 Å². The van der Waals surface area contributed by atoms with E-state index >= 15 is 0 Å². The van der Waals surface area contributed by atoms with Crippen LogP contribution in [0.1, 0.15) is 19.8 Å². The fourth-order valence-corrected chi connectivity index (χ4v) is 2.06. The Kier molecular flexibility index (Phi) is 4.94. The molecule has 0 aliphatic carbocycles. The summed E-state index contributed by atoms with van der Waals surface area (Å²) in [6.07, 6.45) is 1.25. The van der Waals surface area contributed by atoms with E-state index in [4.69, 9.17) is 10.8 Å². The molecule has 7 heteroatoms. The molecule has 0 radical (unpaired) electrons. The first kappa shape index (κ1) is 14.3. The number of carboxylic acids is 1. The molecule has 1 rings (SSSR count). The second-order valence-corrected chi connectivity index (χ2v) is 4.39. The lowest BCUT2D eigenvalue weighted by Crippen LogP contribution is -2.50. The monoisotopic (exact) mass is 257 g/mol. The minimum Gasteiger partial charge on any atom is -0.481 e. The van der Waals surface area contributed by atoms with Crippen LogP contribution in [0.5, 0.6) is 0 Å². The summed E-state index contributed by atoms with van der Waals surface area (Å²) in [4.78, 5) is 36.6. The quantitative estimate of drug-likeness (QED) is 0.722. The van der Waals surface area contributed by atoms with Crippen LogP contribution in [-0.4, -0.2) is 59.0 Å². The standard InChI is InChI=1S/C11H19N3O4/c1-2-13(7-9(12)15)11(18)14-5-3-4-8(6-14)10(16)17/h8H,2-7H2,1H3,(H2,12,15)(H,16,17). The zero-order chi connectivity index (χ0) is 13.7. The maximum Gasteiger partial charge on any atom is 0.320 e. The Morgan fingerprint density at radius 1 is 1.44 bits per heavy atom. The number of carboxylic acid groups (broad SMARTS) is 1. The summed E-state index contributed by atoms with van der Waals surface area (Å²) in [7, 11) is 0. The van der Waals surface area contributed by atoms with E-state index in [0.29, 0.717) is 25.9 Å². The molecule has 1 fully saturated rings. The summed E-state index contributed by atoms with van der Waals surface area (Å²) in [5.74, 6) is -1.97. The minimum absolute atomic E-state index is 0.135. The third-order valence-electron chi connectivity index (χ3n) is 3.04. The van der Waals surface area contributed by atoms with Gasteiger partial charge in [0.05, 0.1) is 5.92 Å². The van der Waals surface area contributed by atoms with Gasteiger partial charge in [0.1, 0.15) is 6.54 Å². The third kappa shape index (κ3) is 3.61. The van der Waals surface area contributed by atoms with Crippen molar-refractivity contribution in [3.8, 4) is 0 Å². The summed E-state index contributed by atoms with van der Waals surface area (Å²) in [6.45, 7) is 2.71. The third-order valence-corrected chi connectivity index (χ3v) is 3.04. The molecule has 0 spiro atoms. The molecule has 0 aromatic rings. The van der Waals surface area contributed by atoms with Crippen molar-refractivity contribution >= 4 is 17.9 Å². The molecule has 0 saturated carbocycles. The first-order valence-corrected chi connectivity index (χ1v) is 6.00. The number of nitrogens with zero attached hydrogens (tertiary/aromatic N) is 2. The van der Waals surface area contributed by atoms with Crippen molar-refractivity contribution in [1.29, 1.82) is 0 Å². The molecule has 0 aromatic carbocycles. The van der Waals surface area contributed by atoms with E-state index in [0.717, 1.165) is 0 Å². The number of likely N-dealkylation sites (tertiary alicyclic amines) is 1. The number of aliphatic carboxylic acids is 1. The molecule has 7 nitrogen and oxygen atoms in total. The normalized spacial score (nSPS) is 19.4. The molecule has 1 saturated heterocycles. The maximum absolute atomic E-state index is 12.1. The predicted molar refractivity (Wildman–Crippen MR) is 63.8 cm³/mol. The van der Waals surface area contributed by atoms with Gasteiger partial charge in [0.25, 0.3) is 0 Å². The highest BCUT2D eigenvalue weighted by molar-refractivity contribution is 5.83. The van der Waals surface area contributed by atoms with Gasteiger partial charge in [0.15, 0.2) is 0 Å². The molecule has 1 aliphatic rings. The Labute approximate surface area is 106 Å². The van der Waals surface area contributed by atoms with Crippen molar-refractivity contribution in [3.05, 3.63) is 0 Å². The summed E-state index contributed by atoms with van der Waals surface area (Å²) in [6, 6.07) is -0.317. The van der Waals surface area contributed by atoms with Crippen molar-refractivity contribution in [2.45, 2.75) is 19.8 Å². The summed E-state index contributed by atoms with van der Waals surface area (Å²) in [5.41, 5.74) is 5.07. The highest BCUT2D eigenvalue weighted by atomic mass is 16.4. The molecule has 102 valence electrons. The lowest BCUT2D eigenvalue weighted by Gasteiger charge is -2.34. The highest BCUT2D eigenvalue weighted by Gasteiger charge is 2.30. The Bertz CT molecular complexity index is 345. The van der Waals surface area contributed by atoms with Gasteiger partial charge in [0.2, 0.25) is 5.91 Å². The zero-order valence-corrected chi connectivity index (χ0v) is 10.5. The van der Waals surface area contributed by atoms with Gasteiger partial charge in [-0.05, 0) is 19.8 Å². The summed E-state index contributed by atoms with van der Waals surface area (Å²) >= 11 is 0. The van der Waals surface area contributed by atoms with Crippen LogP contribution in [0, 0.1) is 5.92 Å². The number of amides is 3. The number of carbonyl (C=O) groups excluding carboxylic acids is 2. The van der Waals surface area contributed by atoms with Gasteiger partial charge >= 0.3 is 12.0 Å². The zero-order valence-electron chi connectivity index (χ0n) is 10.5. The highest BCUT2D eigenvalue weighted by Crippen LogP contribution is 2.17. The van der Waals surface area contributed by atoms with Crippen LogP contribution in [0.2, 0.25) is 0 Å². The van der Waals surface area contributed by atoms with Gasteiger partial charge in [-0.15, -0.1) is 0 Å². The average molecular weight is 257 g/mol. The first-order chi connectivity index (χ1) is 8.45. The van der Waals surface area contributed by atoms with Crippen molar-refractivity contribution in [2.24, 2.45) is 11.7 Å². The topological polar surface area (TPSA) is 104 Å². The van der Waals surface area contributed by atoms with Crippen LogP contribution >= 0.6 is 0 Å². The largest absolute Gasteiger partial charge is 0.481 e. The van der Waals surface area contributed by atoms with Gasteiger partial charge in [-0.25, -0.2) is 4.79 Å². The molecular weight excluding hydrogens is 238 g/mol. The maximum atomic E-state index is 12.1. The number of carbonyl (C=O) groups is 3. The number of piperidine rings is 1. The molecule has 0 bridgehead atoms. The number of nitrogens with two attached hydrogens (primary N) is 1. The SMILES string of the molecule is CCN(CC(N)=O)C(=O)N1CCCC(C(=O)O)C1. The molecule has 1 heterocycles. The molecule has 18 heavy (non-hydrogen) atoms. The number of hydrogen-bond acceptors (Lipinski definition) is 3. The van der Waals surface area contributed by atoms with Crippen molar-refractivity contribution in [2.75, 3.05) is 26.2 Å². The Morgan fingerprint density at radius 3 is 2.61 bits per heavy atom. The fourth-order valence-electron chi connectivity index (χ4n) is 2.06. The van der Waals surface area contributed by atoms with Crippen LogP contribution in [0.4, 0.5) is 4.79 Å². The predicted octanol–water partition coefficient (Wildman–Crippen LogP) is -0.290. The summed E-state index contributed by atoms with van der Waals surface area (Å²) in [5, 5.41) is 8.95. The van der Waals surface area contributed by atoms with E-state index in [1.165, 1.54) is 9.80 Å². The molecule has 1 atom stereocenters. The summed E-state index contributed by atoms with van der Waals surface area (Å²) < 4.78 is 0. The van der Waals surface area contributed by atoms with Crippen LogP contribution in [0.3, 0.4) is 0 Å². The van der Waals surface area contributed by atoms with Gasteiger partial charge in [-0.1, -0.05) is 0 Å². The van der Waals surface area contributed by atoms with E-state index in [1.54, 1.807) is 6.92 Å². The lowest BCUT2D eigenvalue weighted by molar-refractivity contribution is -0.143. The molecule has 1 unspecified atom stereocenters. The van der Waals surface area contributed by atoms with E-state index < -0.39 is 17.8 Å². The van der Waals surface area contributed by atoms with Crippen LogP contribution in [-0.2, 0) is 9.59 Å². The first-order valence-electron chi connectivity index (χ1n) is 6.00.